The first-order valence-electron chi connectivity index (χ1n) is 10.9. The van der Waals surface area contributed by atoms with Gasteiger partial charge in [-0.3, -0.25) is 4.79 Å². The summed E-state index contributed by atoms with van der Waals surface area (Å²) in [6.45, 7) is 4.20. The van der Waals surface area contributed by atoms with Gasteiger partial charge in [-0.15, -0.1) is 0 Å². The number of nitrogens with one attached hydrogen (secondary N) is 2. The molecule has 0 saturated carbocycles. The fourth-order valence-corrected chi connectivity index (χ4v) is 4.06. The molecule has 1 amide bonds. The molecule has 0 radical (unpaired) electrons. The number of aryl methyl sites for hydroxylation is 1. The molecular formula is C24H22F3N7O. The van der Waals surface area contributed by atoms with E-state index in [-0.39, 0.29) is 11.9 Å². The summed E-state index contributed by atoms with van der Waals surface area (Å²) in [6.07, 6.45) is -1.66. The van der Waals surface area contributed by atoms with Gasteiger partial charge in [0.2, 0.25) is 5.91 Å². The summed E-state index contributed by atoms with van der Waals surface area (Å²) in [5.74, 6) is 0.620. The van der Waals surface area contributed by atoms with Gasteiger partial charge >= 0.3 is 6.18 Å². The van der Waals surface area contributed by atoms with Crippen LogP contribution in [0.2, 0.25) is 0 Å². The van der Waals surface area contributed by atoms with Crippen LogP contribution in [-0.2, 0) is 17.5 Å². The lowest BCUT2D eigenvalue weighted by atomic mass is 10.1. The van der Waals surface area contributed by atoms with E-state index in [1.807, 2.05) is 50.1 Å². The van der Waals surface area contributed by atoms with Crippen LogP contribution in [0, 0.1) is 6.92 Å². The van der Waals surface area contributed by atoms with Crippen LogP contribution >= 0.6 is 0 Å². The second-order valence-corrected chi connectivity index (χ2v) is 8.47. The Kier molecular flexibility index (Phi) is 5.34. The molecule has 8 nitrogen and oxygen atoms in total. The molecule has 0 spiro atoms. The van der Waals surface area contributed by atoms with E-state index >= 15 is 0 Å². The lowest BCUT2D eigenvalue weighted by molar-refractivity contribution is -0.141. The first-order valence-corrected chi connectivity index (χ1v) is 10.9. The van der Waals surface area contributed by atoms with Gasteiger partial charge < -0.3 is 15.5 Å². The second-order valence-electron chi connectivity index (χ2n) is 8.47. The number of likely N-dealkylation sites (N-methyl/N-ethyl adjacent to an activating group) is 1. The lowest BCUT2D eigenvalue weighted by Gasteiger charge is -2.34. The highest BCUT2D eigenvalue weighted by molar-refractivity contribution is 6.04. The summed E-state index contributed by atoms with van der Waals surface area (Å²) in [7, 11) is 1.88. The van der Waals surface area contributed by atoms with E-state index in [1.54, 1.807) is 10.9 Å². The van der Waals surface area contributed by atoms with Crippen molar-refractivity contribution in [3.63, 3.8) is 0 Å². The Morgan fingerprint density at radius 2 is 1.94 bits per heavy atom. The van der Waals surface area contributed by atoms with Crippen molar-refractivity contribution in [2.75, 3.05) is 22.6 Å². The topological polar surface area (TPSA) is 88.0 Å². The van der Waals surface area contributed by atoms with E-state index in [0.29, 0.717) is 23.7 Å². The van der Waals surface area contributed by atoms with E-state index < -0.39 is 11.9 Å². The molecule has 1 aromatic carbocycles. The predicted molar refractivity (Wildman–Crippen MR) is 127 cm³/mol. The number of carbonyl (C=O) groups excluding carboxylic acids is 1. The summed E-state index contributed by atoms with van der Waals surface area (Å²) in [5.41, 5.74) is 3.57. The number of halogens is 3. The third-order valence-corrected chi connectivity index (χ3v) is 6.16. The number of rotatable bonds is 4. The van der Waals surface area contributed by atoms with Crippen LogP contribution in [0.3, 0.4) is 0 Å². The lowest BCUT2D eigenvalue weighted by Crippen LogP contribution is -2.44. The number of amides is 1. The Hall–Kier alpha value is -4.15. The van der Waals surface area contributed by atoms with E-state index in [4.69, 9.17) is 0 Å². The Morgan fingerprint density at radius 3 is 2.66 bits per heavy atom. The summed E-state index contributed by atoms with van der Waals surface area (Å²) in [5, 5.41) is 11.4. The minimum Gasteiger partial charge on any atom is -0.366 e. The molecule has 5 rings (SSSR count). The number of pyridine rings is 2. The third-order valence-electron chi connectivity index (χ3n) is 6.16. The van der Waals surface area contributed by atoms with Gasteiger partial charge in [0, 0.05) is 25.0 Å². The van der Waals surface area contributed by atoms with Crippen molar-refractivity contribution < 1.29 is 18.0 Å². The fraction of sp³-hybridized carbons (Fsp3) is 0.250. The van der Waals surface area contributed by atoms with Crippen LogP contribution < -0.4 is 15.5 Å². The molecule has 11 heteroatoms. The number of hydrogen-bond acceptors (Lipinski definition) is 6. The second kappa shape index (κ2) is 8.26. The molecule has 0 unspecified atom stereocenters. The number of nitrogens with zero attached hydrogens (tertiary/aromatic N) is 5. The molecule has 2 N–H and O–H groups in total. The van der Waals surface area contributed by atoms with Crippen LogP contribution in [0.15, 0.2) is 48.8 Å². The van der Waals surface area contributed by atoms with Gasteiger partial charge in [-0.2, -0.15) is 18.3 Å². The number of alkyl halides is 3. The number of aromatic nitrogens is 4. The van der Waals surface area contributed by atoms with Gasteiger partial charge in [0.05, 0.1) is 40.7 Å². The molecule has 1 aliphatic rings. The monoisotopic (exact) mass is 481 g/mol. The molecule has 4 aromatic rings. The van der Waals surface area contributed by atoms with Gasteiger partial charge in [0.15, 0.2) is 0 Å². The molecule has 0 bridgehead atoms. The Bertz CT molecular complexity index is 1430. The maximum Gasteiger partial charge on any atom is 0.433 e. The van der Waals surface area contributed by atoms with E-state index in [2.05, 4.69) is 25.7 Å². The summed E-state index contributed by atoms with van der Waals surface area (Å²) in [4.78, 5) is 22.1. The number of benzene rings is 1. The first kappa shape index (κ1) is 22.6. The van der Waals surface area contributed by atoms with Crippen molar-refractivity contribution in [2.24, 2.45) is 0 Å². The molecule has 35 heavy (non-hydrogen) atoms. The van der Waals surface area contributed by atoms with Crippen molar-refractivity contribution in [2.45, 2.75) is 32.6 Å². The molecule has 1 atom stereocenters. The predicted octanol–water partition coefficient (Wildman–Crippen LogP) is 4.53. The molecule has 180 valence electrons. The molecular weight excluding hydrogens is 459 g/mol. The van der Waals surface area contributed by atoms with E-state index in [9.17, 15) is 18.0 Å². The van der Waals surface area contributed by atoms with E-state index in [1.165, 1.54) is 6.07 Å². The number of fused-ring (bicyclic) bond motifs is 2. The zero-order valence-corrected chi connectivity index (χ0v) is 19.2. The standard InChI is InChI=1S/C24H22F3N7O/c1-13-22-19(33(3)14(2)23(35)32-22)9-21(31-13)29-10-15-4-6-18-16(8-15)11-30-34(18)17-5-7-20(28-12-17)24(25,26)27/h4-9,11-12,14H,10H2,1-3H3,(H,29,31)(H,32,35)/t14-/m0/s1. The Morgan fingerprint density at radius 1 is 1.14 bits per heavy atom. The highest BCUT2D eigenvalue weighted by Gasteiger charge is 2.32. The van der Waals surface area contributed by atoms with Crippen LogP contribution in [0.1, 0.15) is 23.9 Å². The fourth-order valence-electron chi connectivity index (χ4n) is 4.06. The smallest absolute Gasteiger partial charge is 0.366 e. The minimum atomic E-state index is -4.49. The average Bonchev–Trinajstić information content (AvgIpc) is 3.25. The SMILES string of the molecule is Cc1nc(NCc2ccc3c(cnn3-c3ccc(C(F)(F)F)nc3)c2)cc2c1NC(=O)[C@H](C)N2C. The van der Waals surface area contributed by atoms with Crippen molar-refractivity contribution in [3.8, 4) is 5.69 Å². The van der Waals surface area contributed by atoms with E-state index in [0.717, 1.165) is 40.1 Å². The molecule has 3 aromatic heterocycles. The van der Waals surface area contributed by atoms with Crippen molar-refractivity contribution in [1.82, 2.24) is 19.7 Å². The van der Waals surface area contributed by atoms with Gasteiger partial charge in [-0.25, -0.2) is 14.6 Å². The average molecular weight is 481 g/mol. The van der Waals surface area contributed by atoms with Crippen molar-refractivity contribution >= 4 is 34.0 Å². The van der Waals surface area contributed by atoms with Crippen LogP contribution in [-0.4, -0.2) is 38.7 Å². The third kappa shape index (κ3) is 4.13. The normalized spacial score (nSPS) is 15.8. The van der Waals surface area contributed by atoms with Gasteiger partial charge in [-0.05, 0) is 43.7 Å². The van der Waals surface area contributed by atoms with Gasteiger partial charge in [0.25, 0.3) is 0 Å². The Balaban J connectivity index is 1.35. The zero-order chi connectivity index (χ0) is 24.9. The molecule has 4 heterocycles. The Labute approximate surface area is 198 Å². The highest BCUT2D eigenvalue weighted by Crippen LogP contribution is 2.35. The van der Waals surface area contributed by atoms with Crippen molar-refractivity contribution in [1.29, 1.82) is 0 Å². The van der Waals surface area contributed by atoms with Gasteiger partial charge in [0.1, 0.15) is 17.6 Å². The molecule has 0 aliphatic carbocycles. The van der Waals surface area contributed by atoms with Crippen LogP contribution in [0.5, 0.6) is 0 Å². The quantitative estimate of drug-likeness (QED) is 0.445. The van der Waals surface area contributed by atoms with Gasteiger partial charge in [-0.1, -0.05) is 6.07 Å². The molecule has 0 saturated heterocycles. The highest BCUT2D eigenvalue weighted by atomic mass is 19.4. The number of carbonyl (C=O) groups is 1. The molecule has 1 aliphatic heterocycles. The number of anilines is 3. The molecule has 0 fully saturated rings. The number of hydrogen-bond donors (Lipinski definition) is 2. The zero-order valence-electron chi connectivity index (χ0n) is 19.2. The maximum absolute atomic E-state index is 12.8. The van der Waals surface area contributed by atoms with Crippen LogP contribution in [0.25, 0.3) is 16.6 Å². The summed E-state index contributed by atoms with van der Waals surface area (Å²) < 4.78 is 39.9. The van der Waals surface area contributed by atoms with Crippen molar-refractivity contribution in [3.05, 3.63) is 65.7 Å². The van der Waals surface area contributed by atoms with Crippen LogP contribution in [0.4, 0.5) is 30.4 Å². The first-order chi connectivity index (χ1) is 16.6. The minimum absolute atomic E-state index is 0.0634. The summed E-state index contributed by atoms with van der Waals surface area (Å²) >= 11 is 0. The maximum atomic E-state index is 12.8. The summed E-state index contributed by atoms with van der Waals surface area (Å²) in [6, 6.07) is 9.67. The largest absolute Gasteiger partial charge is 0.433 e.